The van der Waals surface area contributed by atoms with Crippen LogP contribution in [0.25, 0.3) is 10.9 Å². The van der Waals surface area contributed by atoms with Crippen LogP contribution >= 0.6 is 15.9 Å². The number of nitrogens with zero attached hydrogens (tertiary/aromatic N) is 3. The van der Waals surface area contributed by atoms with Crippen molar-refractivity contribution in [3.05, 3.63) is 52.9 Å². The molecule has 0 bridgehead atoms. The lowest BCUT2D eigenvalue weighted by molar-refractivity contribution is 0.873. The first kappa shape index (κ1) is 13.8. The Morgan fingerprint density at radius 2 is 2.10 bits per heavy atom. The Hall–Kier alpha value is -2.21. The third kappa shape index (κ3) is 2.95. The van der Waals surface area contributed by atoms with E-state index in [-0.39, 0.29) is 6.04 Å². The third-order valence-electron chi connectivity index (χ3n) is 3.25. The summed E-state index contributed by atoms with van der Waals surface area (Å²) in [5.41, 5.74) is 7.96. The molecule has 1 atom stereocenters. The van der Waals surface area contributed by atoms with Gasteiger partial charge in [-0.05, 0) is 46.6 Å². The smallest absolute Gasteiger partial charge is 0.170 e. The van der Waals surface area contributed by atoms with E-state index in [0.717, 1.165) is 16.5 Å². The van der Waals surface area contributed by atoms with Gasteiger partial charge in [0.05, 0.1) is 17.8 Å². The van der Waals surface area contributed by atoms with Crippen LogP contribution in [0.4, 0.5) is 11.6 Å². The van der Waals surface area contributed by atoms with Gasteiger partial charge in [-0.15, -0.1) is 0 Å². The average Bonchev–Trinajstić information content (AvgIpc) is 2.50. The summed E-state index contributed by atoms with van der Waals surface area (Å²) in [6.07, 6.45) is 3.37. The summed E-state index contributed by atoms with van der Waals surface area (Å²) in [6.45, 7) is 2.06. The van der Waals surface area contributed by atoms with Crippen molar-refractivity contribution >= 4 is 38.5 Å². The van der Waals surface area contributed by atoms with Crippen LogP contribution in [0.2, 0.25) is 0 Å². The monoisotopic (exact) mass is 343 g/mol. The topological polar surface area (TPSA) is 76.7 Å². The first-order chi connectivity index (χ1) is 10.1. The molecule has 0 amide bonds. The number of nitrogen functional groups attached to an aromatic ring is 1. The van der Waals surface area contributed by atoms with Crippen LogP contribution in [0, 0.1) is 0 Å². The summed E-state index contributed by atoms with van der Waals surface area (Å²) >= 11 is 3.30. The minimum atomic E-state index is 0.0560. The Morgan fingerprint density at radius 1 is 1.24 bits per heavy atom. The zero-order valence-corrected chi connectivity index (χ0v) is 13.0. The van der Waals surface area contributed by atoms with Crippen LogP contribution in [-0.2, 0) is 0 Å². The summed E-state index contributed by atoms with van der Waals surface area (Å²) < 4.78 is 0.647. The molecular formula is C15H14BrN5. The van der Waals surface area contributed by atoms with Crippen LogP contribution in [0.5, 0.6) is 0 Å². The van der Waals surface area contributed by atoms with Crippen molar-refractivity contribution < 1.29 is 0 Å². The van der Waals surface area contributed by atoms with Crippen molar-refractivity contribution in [3.8, 4) is 0 Å². The molecule has 1 aromatic carbocycles. The first-order valence-corrected chi connectivity index (χ1v) is 7.32. The summed E-state index contributed by atoms with van der Waals surface area (Å²) in [5.74, 6) is 0.954. The van der Waals surface area contributed by atoms with E-state index < -0.39 is 0 Å². The molecule has 3 rings (SSSR count). The molecule has 1 unspecified atom stereocenters. The SMILES string of the molecule is CC(Nc1nc(Br)cnc1N)c1ccc2ncccc2c1. The van der Waals surface area contributed by atoms with Crippen molar-refractivity contribution in [2.24, 2.45) is 0 Å². The molecule has 0 aliphatic heterocycles. The summed E-state index contributed by atoms with van der Waals surface area (Å²) in [7, 11) is 0. The molecule has 2 heterocycles. The molecule has 0 aliphatic carbocycles. The molecule has 0 saturated heterocycles. The summed E-state index contributed by atoms with van der Waals surface area (Å²) in [5, 5.41) is 4.39. The lowest BCUT2D eigenvalue weighted by atomic mass is 10.1. The standard InChI is InChI=1S/C15H14BrN5/c1-9(20-15-14(17)19-8-13(16)21-15)10-4-5-12-11(7-10)3-2-6-18-12/h2-9H,1H3,(H2,17,19)(H,20,21). The maximum atomic E-state index is 5.84. The molecule has 6 heteroatoms. The molecule has 2 aromatic heterocycles. The van der Waals surface area contributed by atoms with E-state index in [4.69, 9.17) is 5.73 Å². The number of halogens is 1. The number of fused-ring (bicyclic) bond motifs is 1. The molecular weight excluding hydrogens is 330 g/mol. The van der Waals surface area contributed by atoms with Crippen molar-refractivity contribution in [3.63, 3.8) is 0 Å². The molecule has 0 aliphatic rings. The van der Waals surface area contributed by atoms with Crippen LogP contribution in [0.3, 0.4) is 0 Å². The van der Waals surface area contributed by atoms with Crippen LogP contribution < -0.4 is 11.1 Å². The molecule has 3 aromatic rings. The third-order valence-corrected chi connectivity index (χ3v) is 3.63. The van der Waals surface area contributed by atoms with E-state index in [2.05, 4.69) is 55.3 Å². The van der Waals surface area contributed by atoms with Gasteiger partial charge in [-0.3, -0.25) is 4.98 Å². The van der Waals surface area contributed by atoms with E-state index in [9.17, 15) is 0 Å². The summed E-state index contributed by atoms with van der Waals surface area (Å²) in [4.78, 5) is 12.7. The number of aromatic nitrogens is 3. The van der Waals surface area contributed by atoms with Gasteiger partial charge < -0.3 is 11.1 Å². The van der Waals surface area contributed by atoms with Gasteiger partial charge in [-0.25, -0.2) is 9.97 Å². The van der Waals surface area contributed by atoms with Crippen molar-refractivity contribution in [1.29, 1.82) is 0 Å². The van der Waals surface area contributed by atoms with Crippen molar-refractivity contribution in [2.45, 2.75) is 13.0 Å². The van der Waals surface area contributed by atoms with E-state index in [1.807, 2.05) is 18.2 Å². The second kappa shape index (κ2) is 5.65. The number of hydrogen-bond donors (Lipinski definition) is 2. The van der Waals surface area contributed by atoms with Crippen molar-refractivity contribution in [2.75, 3.05) is 11.1 Å². The average molecular weight is 344 g/mol. The molecule has 0 radical (unpaired) electrons. The fraction of sp³-hybridized carbons (Fsp3) is 0.133. The number of pyridine rings is 1. The molecule has 21 heavy (non-hydrogen) atoms. The van der Waals surface area contributed by atoms with Gasteiger partial charge in [-0.2, -0.15) is 0 Å². The Labute approximate surface area is 130 Å². The van der Waals surface area contributed by atoms with Crippen LogP contribution in [0.15, 0.2) is 47.3 Å². The number of rotatable bonds is 3. The van der Waals surface area contributed by atoms with Crippen LogP contribution in [0.1, 0.15) is 18.5 Å². The quantitative estimate of drug-likeness (QED) is 0.760. The second-order valence-corrected chi connectivity index (χ2v) is 5.56. The Morgan fingerprint density at radius 3 is 2.95 bits per heavy atom. The van der Waals surface area contributed by atoms with Gasteiger partial charge in [0.2, 0.25) is 0 Å². The number of hydrogen-bond acceptors (Lipinski definition) is 5. The molecule has 0 saturated carbocycles. The normalized spacial score (nSPS) is 12.3. The molecule has 5 nitrogen and oxygen atoms in total. The van der Waals surface area contributed by atoms with Crippen LogP contribution in [-0.4, -0.2) is 15.0 Å². The van der Waals surface area contributed by atoms with Gasteiger partial charge in [0, 0.05) is 11.6 Å². The van der Waals surface area contributed by atoms with Gasteiger partial charge in [-0.1, -0.05) is 12.1 Å². The highest BCUT2D eigenvalue weighted by molar-refractivity contribution is 9.10. The fourth-order valence-corrected chi connectivity index (χ4v) is 2.41. The number of nitrogens with one attached hydrogen (secondary N) is 1. The van der Waals surface area contributed by atoms with Gasteiger partial charge in [0.25, 0.3) is 0 Å². The number of anilines is 2. The summed E-state index contributed by atoms with van der Waals surface area (Å²) in [6, 6.07) is 10.2. The van der Waals surface area contributed by atoms with E-state index in [0.29, 0.717) is 16.2 Å². The lowest BCUT2D eigenvalue weighted by Crippen LogP contribution is -2.11. The Bertz CT molecular complexity index is 790. The maximum Gasteiger partial charge on any atom is 0.170 e. The molecule has 0 fully saturated rings. The van der Waals surface area contributed by atoms with Gasteiger partial charge in [0.15, 0.2) is 11.6 Å². The zero-order chi connectivity index (χ0) is 14.8. The second-order valence-electron chi connectivity index (χ2n) is 4.75. The van der Waals surface area contributed by atoms with Crippen molar-refractivity contribution in [1.82, 2.24) is 15.0 Å². The first-order valence-electron chi connectivity index (χ1n) is 6.53. The van der Waals surface area contributed by atoms with E-state index >= 15 is 0 Å². The maximum absolute atomic E-state index is 5.84. The number of benzene rings is 1. The van der Waals surface area contributed by atoms with Gasteiger partial charge >= 0.3 is 0 Å². The zero-order valence-electron chi connectivity index (χ0n) is 11.4. The molecule has 3 N–H and O–H groups in total. The minimum absolute atomic E-state index is 0.0560. The van der Waals surface area contributed by atoms with Gasteiger partial charge in [0.1, 0.15) is 4.60 Å². The number of nitrogens with two attached hydrogens (primary N) is 1. The largest absolute Gasteiger partial charge is 0.381 e. The molecule has 106 valence electrons. The predicted octanol–water partition coefficient (Wildman–Crippen LogP) is 3.54. The van der Waals surface area contributed by atoms with E-state index in [1.54, 1.807) is 12.4 Å². The Kier molecular flexibility index (Phi) is 3.70. The highest BCUT2D eigenvalue weighted by Crippen LogP contribution is 2.24. The molecule has 0 spiro atoms. The van der Waals surface area contributed by atoms with E-state index in [1.165, 1.54) is 0 Å². The lowest BCUT2D eigenvalue weighted by Gasteiger charge is -2.16. The fourth-order valence-electron chi connectivity index (χ4n) is 2.13. The highest BCUT2D eigenvalue weighted by atomic mass is 79.9. The predicted molar refractivity (Wildman–Crippen MR) is 87.9 cm³/mol. The Balaban J connectivity index is 1.89. The highest BCUT2D eigenvalue weighted by Gasteiger charge is 2.10. The minimum Gasteiger partial charge on any atom is -0.381 e.